The Kier molecular flexibility index (Phi) is 2.64. The lowest BCUT2D eigenvalue weighted by molar-refractivity contribution is 1.19. The molecule has 1 aromatic heterocycles. The summed E-state index contributed by atoms with van der Waals surface area (Å²) in [6, 6.07) is 0. The van der Waals surface area contributed by atoms with Crippen LogP contribution in [0.1, 0.15) is 5.69 Å². The van der Waals surface area contributed by atoms with E-state index in [0.29, 0.717) is 11.5 Å². The topological polar surface area (TPSA) is 51.8 Å². The molecule has 2 N–H and O–H groups in total. The van der Waals surface area contributed by atoms with E-state index in [9.17, 15) is 0 Å². The van der Waals surface area contributed by atoms with Crippen LogP contribution in [0.5, 0.6) is 0 Å². The van der Waals surface area contributed by atoms with Gasteiger partial charge in [-0.1, -0.05) is 12.5 Å². The molecule has 56 valence electrons. The van der Waals surface area contributed by atoms with Crippen LogP contribution < -0.4 is 5.73 Å². The highest BCUT2D eigenvalue weighted by atomic mass is 28.2. The zero-order valence-corrected chi connectivity index (χ0v) is 7.75. The van der Waals surface area contributed by atoms with Crippen LogP contribution in [0.15, 0.2) is 12.4 Å². The fourth-order valence-electron chi connectivity index (χ4n) is 0.617. The SMILES string of the molecule is C[SiH2]C#Cc1nccnc1N. The van der Waals surface area contributed by atoms with Gasteiger partial charge in [-0.25, -0.2) is 9.97 Å². The van der Waals surface area contributed by atoms with Gasteiger partial charge in [-0.3, -0.25) is 0 Å². The Morgan fingerprint density at radius 1 is 1.45 bits per heavy atom. The third-order valence-electron chi connectivity index (χ3n) is 1.11. The Morgan fingerprint density at radius 2 is 2.18 bits per heavy atom. The molecule has 0 spiro atoms. The van der Waals surface area contributed by atoms with E-state index < -0.39 is 0 Å². The van der Waals surface area contributed by atoms with Gasteiger partial charge in [0.1, 0.15) is 9.52 Å². The summed E-state index contributed by atoms with van der Waals surface area (Å²) < 4.78 is 0. The van der Waals surface area contributed by atoms with Crippen LogP contribution in [0.25, 0.3) is 0 Å². The van der Waals surface area contributed by atoms with Gasteiger partial charge in [-0.2, -0.15) is 0 Å². The Balaban J connectivity index is 2.95. The first-order valence-corrected chi connectivity index (χ1v) is 5.52. The number of nitrogens with zero attached hydrogens (tertiary/aromatic N) is 2. The summed E-state index contributed by atoms with van der Waals surface area (Å²) in [6.07, 6.45) is 3.15. The lowest BCUT2D eigenvalue weighted by atomic mass is 10.4. The molecule has 1 aromatic rings. The first-order valence-electron chi connectivity index (χ1n) is 3.40. The molecule has 0 aliphatic carbocycles. The standard InChI is InChI=1S/C7H9N3Si/c1-11-5-2-6-7(8)10-4-3-9-6/h3-4H,11H2,1H3,(H2,8,10). The van der Waals surface area contributed by atoms with Crippen LogP contribution in [0.2, 0.25) is 6.55 Å². The summed E-state index contributed by atoms with van der Waals surface area (Å²) >= 11 is 0. The van der Waals surface area contributed by atoms with Gasteiger partial charge in [-0.15, -0.1) is 5.54 Å². The molecule has 0 unspecified atom stereocenters. The Hall–Kier alpha value is -1.34. The fourth-order valence-corrected chi connectivity index (χ4v) is 0.961. The monoisotopic (exact) mass is 163 g/mol. The van der Waals surface area contributed by atoms with E-state index in [4.69, 9.17) is 5.73 Å². The second kappa shape index (κ2) is 3.74. The molecule has 0 saturated carbocycles. The Bertz CT molecular complexity index is 300. The van der Waals surface area contributed by atoms with Crippen molar-refractivity contribution in [3.05, 3.63) is 18.1 Å². The molecule has 3 nitrogen and oxygen atoms in total. The lowest BCUT2D eigenvalue weighted by Crippen LogP contribution is -1.96. The summed E-state index contributed by atoms with van der Waals surface area (Å²) in [5.74, 6) is 3.29. The maximum Gasteiger partial charge on any atom is 0.158 e. The summed E-state index contributed by atoms with van der Waals surface area (Å²) in [5, 5.41) is 0. The summed E-state index contributed by atoms with van der Waals surface area (Å²) in [4.78, 5) is 7.84. The number of hydrogen-bond acceptors (Lipinski definition) is 3. The van der Waals surface area contributed by atoms with E-state index >= 15 is 0 Å². The second-order valence-corrected chi connectivity index (χ2v) is 3.01. The number of nitrogen functional groups attached to an aromatic ring is 1. The van der Waals surface area contributed by atoms with E-state index in [0.717, 1.165) is 0 Å². The Morgan fingerprint density at radius 3 is 2.82 bits per heavy atom. The highest BCUT2D eigenvalue weighted by molar-refractivity contribution is 6.44. The molecule has 1 rings (SSSR count). The third kappa shape index (κ3) is 2.06. The highest BCUT2D eigenvalue weighted by Gasteiger charge is 1.93. The first kappa shape index (κ1) is 7.76. The average Bonchev–Trinajstić information content (AvgIpc) is 2.03. The van der Waals surface area contributed by atoms with Gasteiger partial charge < -0.3 is 5.73 Å². The zero-order valence-electron chi connectivity index (χ0n) is 6.33. The number of nitrogens with two attached hydrogens (primary N) is 1. The Labute approximate surface area is 67.9 Å². The van der Waals surface area contributed by atoms with Crippen LogP contribution in [0, 0.1) is 11.5 Å². The van der Waals surface area contributed by atoms with Gasteiger partial charge in [0, 0.05) is 12.4 Å². The van der Waals surface area contributed by atoms with E-state index in [1.807, 2.05) is 0 Å². The van der Waals surface area contributed by atoms with Crippen molar-refractivity contribution in [1.29, 1.82) is 0 Å². The quantitative estimate of drug-likeness (QED) is 0.417. The van der Waals surface area contributed by atoms with Crippen molar-refractivity contribution in [1.82, 2.24) is 9.97 Å². The summed E-state index contributed by atoms with van der Waals surface area (Å²) in [5.41, 5.74) is 9.11. The summed E-state index contributed by atoms with van der Waals surface area (Å²) in [6.45, 7) is 2.11. The van der Waals surface area contributed by atoms with Crippen LogP contribution >= 0.6 is 0 Å². The minimum absolute atomic E-state index is 0.230. The lowest BCUT2D eigenvalue weighted by Gasteiger charge is -1.91. The fraction of sp³-hybridized carbons (Fsp3) is 0.143. The maximum absolute atomic E-state index is 5.50. The molecule has 0 saturated heterocycles. The van der Waals surface area contributed by atoms with Crippen LogP contribution in [-0.4, -0.2) is 19.5 Å². The second-order valence-electron chi connectivity index (χ2n) is 1.95. The van der Waals surface area contributed by atoms with Crippen molar-refractivity contribution < 1.29 is 0 Å². The predicted octanol–water partition coefficient (Wildman–Crippen LogP) is -0.415. The van der Waals surface area contributed by atoms with Crippen molar-refractivity contribution in [3.8, 4) is 11.5 Å². The van der Waals surface area contributed by atoms with Crippen LogP contribution in [0.4, 0.5) is 5.82 Å². The van der Waals surface area contributed by atoms with Crippen molar-refractivity contribution in [3.63, 3.8) is 0 Å². The van der Waals surface area contributed by atoms with E-state index in [2.05, 4.69) is 28.0 Å². The highest BCUT2D eigenvalue weighted by Crippen LogP contribution is 1.98. The van der Waals surface area contributed by atoms with Gasteiger partial charge in [0.25, 0.3) is 0 Å². The molecule has 11 heavy (non-hydrogen) atoms. The number of hydrogen-bond donors (Lipinski definition) is 1. The molecule has 0 atom stereocenters. The normalized spacial score (nSPS) is 9.55. The van der Waals surface area contributed by atoms with Crippen molar-refractivity contribution in [2.24, 2.45) is 0 Å². The van der Waals surface area contributed by atoms with E-state index in [1.54, 1.807) is 12.4 Å². The van der Waals surface area contributed by atoms with Gasteiger partial charge in [0.15, 0.2) is 11.5 Å². The van der Waals surface area contributed by atoms with E-state index in [-0.39, 0.29) is 9.52 Å². The van der Waals surface area contributed by atoms with Gasteiger partial charge in [-0.05, 0) is 0 Å². The molecule has 0 amide bonds. The predicted molar refractivity (Wildman–Crippen MR) is 47.7 cm³/mol. The maximum atomic E-state index is 5.50. The molecule has 0 aliphatic heterocycles. The molecule has 0 aromatic carbocycles. The van der Waals surface area contributed by atoms with Crippen molar-refractivity contribution in [2.45, 2.75) is 6.55 Å². The molecule has 0 bridgehead atoms. The molecule has 0 fully saturated rings. The molecule has 0 radical (unpaired) electrons. The largest absolute Gasteiger partial charge is 0.381 e. The molecule has 4 heteroatoms. The van der Waals surface area contributed by atoms with Crippen molar-refractivity contribution in [2.75, 3.05) is 5.73 Å². The molecular formula is C7H9N3Si. The number of anilines is 1. The van der Waals surface area contributed by atoms with Crippen molar-refractivity contribution >= 4 is 15.3 Å². The smallest absolute Gasteiger partial charge is 0.158 e. The van der Waals surface area contributed by atoms with Crippen LogP contribution in [0.3, 0.4) is 0 Å². The molecular weight excluding hydrogens is 154 g/mol. The third-order valence-corrected chi connectivity index (χ3v) is 1.64. The van der Waals surface area contributed by atoms with Gasteiger partial charge in [0.05, 0.1) is 0 Å². The van der Waals surface area contributed by atoms with Gasteiger partial charge in [0.2, 0.25) is 0 Å². The molecule has 1 heterocycles. The number of rotatable bonds is 0. The minimum atomic E-state index is -0.230. The number of aromatic nitrogens is 2. The summed E-state index contributed by atoms with van der Waals surface area (Å²) in [7, 11) is -0.230. The van der Waals surface area contributed by atoms with Crippen LogP contribution in [-0.2, 0) is 0 Å². The minimum Gasteiger partial charge on any atom is -0.381 e. The average molecular weight is 163 g/mol. The first-order chi connectivity index (χ1) is 5.34. The van der Waals surface area contributed by atoms with Gasteiger partial charge >= 0.3 is 0 Å². The van der Waals surface area contributed by atoms with E-state index in [1.165, 1.54) is 0 Å². The zero-order chi connectivity index (χ0) is 8.10. The molecule has 0 aliphatic rings.